The van der Waals surface area contributed by atoms with Gasteiger partial charge in [-0.2, -0.15) is 0 Å². The molecule has 1 saturated heterocycles. The second-order valence-electron chi connectivity index (χ2n) is 6.75. The lowest BCUT2D eigenvalue weighted by Crippen LogP contribution is -2.37. The maximum absolute atomic E-state index is 12.5. The van der Waals surface area contributed by atoms with Crippen LogP contribution in [0.3, 0.4) is 0 Å². The van der Waals surface area contributed by atoms with Gasteiger partial charge in [0.05, 0.1) is 23.0 Å². The summed E-state index contributed by atoms with van der Waals surface area (Å²) in [5.41, 5.74) is 0.713. The molecule has 3 aromatic rings. The maximum atomic E-state index is 12.5. The molecule has 0 saturated carbocycles. The summed E-state index contributed by atoms with van der Waals surface area (Å²) in [6.45, 7) is 4.70. The first kappa shape index (κ1) is 18.4. The molecule has 1 aliphatic heterocycles. The van der Waals surface area contributed by atoms with Crippen LogP contribution in [0.5, 0.6) is 0 Å². The topological polar surface area (TPSA) is 58.4 Å². The van der Waals surface area contributed by atoms with Gasteiger partial charge in [-0.1, -0.05) is 12.1 Å². The van der Waals surface area contributed by atoms with Crippen LogP contribution in [-0.4, -0.2) is 35.4 Å². The van der Waals surface area contributed by atoms with E-state index in [0.717, 1.165) is 18.0 Å². The van der Waals surface area contributed by atoms with Crippen LogP contribution in [0, 0.1) is 6.92 Å². The SMILES string of the molecule is Cc1oc(-c2cccs2)nc1CC(=O)NCC(c1cccs1)N1CCCC1. The van der Waals surface area contributed by atoms with Crippen molar-refractivity contribution in [3.05, 3.63) is 51.4 Å². The highest BCUT2D eigenvalue weighted by atomic mass is 32.1. The van der Waals surface area contributed by atoms with Crippen molar-refractivity contribution in [2.75, 3.05) is 19.6 Å². The third kappa shape index (κ3) is 4.31. The molecule has 1 amide bonds. The number of rotatable bonds is 7. The van der Waals surface area contributed by atoms with Crippen LogP contribution in [0.1, 0.15) is 35.2 Å². The molecule has 5 nitrogen and oxygen atoms in total. The van der Waals surface area contributed by atoms with Crippen LogP contribution < -0.4 is 5.32 Å². The Morgan fingerprint density at radius 1 is 1.26 bits per heavy atom. The molecule has 1 fully saturated rings. The van der Waals surface area contributed by atoms with E-state index in [2.05, 4.69) is 32.7 Å². The average Bonchev–Trinajstić information content (AvgIpc) is 3.45. The Labute approximate surface area is 167 Å². The molecular formula is C20H23N3O2S2. The number of aromatic nitrogens is 1. The van der Waals surface area contributed by atoms with Crippen molar-refractivity contribution in [2.45, 2.75) is 32.2 Å². The molecule has 3 aromatic heterocycles. The molecule has 0 spiro atoms. The number of likely N-dealkylation sites (tertiary alicyclic amines) is 1. The van der Waals surface area contributed by atoms with Crippen molar-refractivity contribution in [1.29, 1.82) is 0 Å². The minimum absolute atomic E-state index is 0.00937. The lowest BCUT2D eigenvalue weighted by Gasteiger charge is -2.26. The lowest BCUT2D eigenvalue weighted by atomic mass is 10.2. The highest BCUT2D eigenvalue weighted by molar-refractivity contribution is 7.13. The molecule has 0 bridgehead atoms. The molecule has 4 rings (SSSR count). The molecule has 1 N–H and O–H groups in total. The Hall–Kier alpha value is -1.96. The van der Waals surface area contributed by atoms with Gasteiger partial charge in [0, 0.05) is 11.4 Å². The molecule has 0 aromatic carbocycles. The second kappa shape index (κ2) is 8.37. The molecule has 0 aliphatic carbocycles. The third-order valence-electron chi connectivity index (χ3n) is 4.90. The molecule has 27 heavy (non-hydrogen) atoms. The van der Waals surface area contributed by atoms with Crippen molar-refractivity contribution in [1.82, 2.24) is 15.2 Å². The first-order valence-corrected chi connectivity index (χ1v) is 11.0. The Morgan fingerprint density at radius 2 is 2.04 bits per heavy atom. The fourth-order valence-electron chi connectivity index (χ4n) is 3.47. The van der Waals surface area contributed by atoms with E-state index in [0.29, 0.717) is 23.9 Å². The number of hydrogen-bond donors (Lipinski definition) is 1. The largest absolute Gasteiger partial charge is 0.440 e. The van der Waals surface area contributed by atoms with Gasteiger partial charge in [-0.3, -0.25) is 9.69 Å². The van der Waals surface area contributed by atoms with Gasteiger partial charge in [0.25, 0.3) is 0 Å². The molecule has 7 heteroatoms. The number of amides is 1. The van der Waals surface area contributed by atoms with E-state index >= 15 is 0 Å². The summed E-state index contributed by atoms with van der Waals surface area (Å²) >= 11 is 3.34. The van der Waals surface area contributed by atoms with E-state index in [1.54, 1.807) is 22.7 Å². The predicted octanol–water partition coefficient (Wildman–Crippen LogP) is 4.27. The smallest absolute Gasteiger partial charge is 0.236 e. The Kier molecular flexibility index (Phi) is 5.71. The first-order valence-electron chi connectivity index (χ1n) is 9.25. The minimum atomic E-state index is -0.00937. The van der Waals surface area contributed by atoms with E-state index in [1.807, 2.05) is 24.4 Å². The quantitative estimate of drug-likeness (QED) is 0.642. The van der Waals surface area contributed by atoms with Gasteiger partial charge in [0.15, 0.2) is 0 Å². The zero-order chi connectivity index (χ0) is 18.6. The summed E-state index contributed by atoms with van der Waals surface area (Å²) < 4.78 is 5.74. The molecule has 0 radical (unpaired) electrons. The molecule has 1 unspecified atom stereocenters. The second-order valence-corrected chi connectivity index (χ2v) is 8.68. The van der Waals surface area contributed by atoms with Gasteiger partial charge in [-0.15, -0.1) is 22.7 Å². The molecule has 1 atom stereocenters. The van der Waals surface area contributed by atoms with Gasteiger partial charge >= 0.3 is 0 Å². The van der Waals surface area contributed by atoms with Crippen molar-refractivity contribution >= 4 is 28.6 Å². The van der Waals surface area contributed by atoms with Crippen LogP contribution in [-0.2, 0) is 11.2 Å². The van der Waals surface area contributed by atoms with Gasteiger partial charge in [0.2, 0.25) is 11.8 Å². The van der Waals surface area contributed by atoms with Gasteiger partial charge < -0.3 is 9.73 Å². The molecule has 4 heterocycles. The number of carbonyl (C=O) groups excluding carboxylic acids is 1. The fourth-order valence-corrected chi connectivity index (χ4v) is 4.98. The summed E-state index contributed by atoms with van der Waals surface area (Å²) in [6.07, 6.45) is 2.72. The van der Waals surface area contributed by atoms with E-state index in [1.165, 1.54) is 17.7 Å². The number of nitrogens with one attached hydrogen (secondary N) is 1. The summed E-state index contributed by atoms with van der Waals surface area (Å²) in [5.74, 6) is 1.30. The van der Waals surface area contributed by atoms with Crippen LogP contribution in [0.2, 0.25) is 0 Å². The van der Waals surface area contributed by atoms with E-state index in [-0.39, 0.29) is 18.4 Å². The number of thiophene rings is 2. The third-order valence-corrected chi connectivity index (χ3v) is 6.73. The summed E-state index contributed by atoms with van der Waals surface area (Å²) in [7, 11) is 0. The van der Waals surface area contributed by atoms with Gasteiger partial charge in [-0.05, 0) is 55.7 Å². The average molecular weight is 402 g/mol. The summed E-state index contributed by atoms with van der Waals surface area (Å²) in [6, 6.07) is 8.44. The molecule has 142 valence electrons. The zero-order valence-electron chi connectivity index (χ0n) is 15.3. The van der Waals surface area contributed by atoms with E-state index < -0.39 is 0 Å². The van der Waals surface area contributed by atoms with Gasteiger partial charge in [0.1, 0.15) is 5.76 Å². The fraction of sp³-hybridized carbons (Fsp3) is 0.400. The first-order chi connectivity index (χ1) is 13.2. The Balaban J connectivity index is 1.39. The van der Waals surface area contributed by atoms with E-state index in [4.69, 9.17) is 4.42 Å². The van der Waals surface area contributed by atoms with Crippen molar-refractivity contribution in [3.63, 3.8) is 0 Å². The maximum Gasteiger partial charge on any atom is 0.236 e. The number of oxazole rings is 1. The molecular weight excluding hydrogens is 378 g/mol. The molecule has 1 aliphatic rings. The van der Waals surface area contributed by atoms with Crippen LogP contribution in [0.4, 0.5) is 0 Å². The highest BCUT2D eigenvalue weighted by Crippen LogP contribution is 2.28. The minimum Gasteiger partial charge on any atom is -0.440 e. The Morgan fingerprint density at radius 3 is 2.74 bits per heavy atom. The predicted molar refractivity (Wildman–Crippen MR) is 109 cm³/mol. The summed E-state index contributed by atoms with van der Waals surface area (Å²) in [4.78, 5) is 21.8. The van der Waals surface area contributed by atoms with E-state index in [9.17, 15) is 4.79 Å². The van der Waals surface area contributed by atoms with Crippen molar-refractivity contribution < 1.29 is 9.21 Å². The number of aryl methyl sites for hydroxylation is 1. The van der Waals surface area contributed by atoms with Crippen LogP contribution >= 0.6 is 22.7 Å². The van der Waals surface area contributed by atoms with Gasteiger partial charge in [-0.25, -0.2) is 4.98 Å². The Bertz CT molecular complexity index is 865. The van der Waals surface area contributed by atoms with Crippen molar-refractivity contribution in [2.24, 2.45) is 0 Å². The standard InChI is InChI=1S/C20H23N3O2S2/c1-14-15(22-20(25-14)18-7-5-11-27-18)12-19(24)21-13-16(17-6-4-10-26-17)23-8-2-3-9-23/h4-7,10-11,16H,2-3,8-9,12-13H2,1H3,(H,21,24). The highest BCUT2D eigenvalue weighted by Gasteiger charge is 2.25. The normalized spacial score (nSPS) is 15.9. The van der Waals surface area contributed by atoms with Crippen LogP contribution in [0.25, 0.3) is 10.8 Å². The number of nitrogens with zero attached hydrogens (tertiary/aromatic N) is 2. The monoisotopic (exact) mass is 401 g/mol. The van der Waals surface area contributed by atoms with Crippen LogP contribution in [0.15, 0.2) is 39.4 Å². The lowest BCUT2D eigenvalue weighted by molar-refractivity contribution is -0.120. The summed E-state index contributed by atoms with van der Waals surface area (Å²) in [5, 5.41) is 7.21. The zero-order valence-corrected chi connectivity index (χ0v) is 16.9. The number of hydrogen-bond acceptors (Lipinski definition) is 6. The van der Waals surface area contributed by atoms with Crippen molar-refractivity contribution in [3.8, 4) is 10.8 Å². The number of carbonyl (C=O) groups is 1.